The standard InChI is InChI=1S/C18H21NO4S2/c1-23-18(20)12-16(17-7-4-10-24-17)19-25(21,22)15-9-8-13-5-2-3-6-14(13)11-15/h4,7-11,16,19H,2-3,5-6,12H2,1H3. The number of esters is 1. The molecule has 25 heavy (non-hydrogen) atoms. The van der Waals surface area contributed by atoms with E-state index in [2.05, 4.69) is 4.72 Å². The Balaban J connectivity index is 1.86. The highest BCUT2D eigenvalue weighted by molar-refractivity contribution is 7.89. The summed E-state index contributed by atoms with van der Waals surface area (Å²) < 4.78 is 33.0. The van der Waals surface area contributed by atoms with Gasteiger partial charge in [0.25, 0.3) is 0 Å². The van der Waals surface area contributed by atoms with E-state index < -0.39 is 22.0 Å². The van der Waals surface area contributed by atoms with Crippen molar-refractivity contribution in [2.24, 2.45) is 0 Å². The normalized spacial score (nSPS) is 15.4. The first-order chi connectivity index (χ1) is 12.0. The topological polar surface area (TPSA) is 72.5 Å². The highest BCUT2D eigenvalue weighted by Crippen LogP contribution is 2.27. The number of fused-ring (bicyclic) bond motifs is 1. The van der Waals surface area contributed by atoms with E-state index in [-0.39, 0.29) is 11.3 Å². The Bertz CT molecular complexity index is 844. The number of carbonyl (C=O) groups excluding carboxylic acids is 1. The maximum Gasteiger partial charge on any atom is 0.307 e. The van der Waals surface area contributed by atoms with Crippen LogP contribution in [-0.4, -0.2) is 21.5 Å². The van der Waals surface area contributed by atoms with Crippen molar-refractivity contribution in [3.05, 3.63) is 51.7 Å². The molecule has 1 N–H and O–H groups in total. The van der Waals surface area contributed by atoms with E-state index in [4.69, 9.17) is 4.74 Å². The first kappa shape index (κ1) is 18.1. The summed E-state index contributed by atoms with van der Waals surface area (Å²) in [6.45, 7) is 0. The molecule has 5 nitrogen and oxygen atoms in total. The summed E-state index contributed by atoms with van der Waals surface area (Å²) in [7, 11) is -2.43. The van der Waals surface area contributed by atoms with E-state index in [1.54, 1.807) is 12.1 Å². The monoisotopic (exact) mass is 379 g/mol. The molecule has 0 radical (unpaired) electrons. The number of thiophene rings is 1. The average molecular weight is 380 g/mol. The van der Waals surface area contributed by atoms with Crippen molar-refractivity contribution in [2.45, 2.75) is 43.0 Å². The van der Waals surface area contributed by atoms with Crippen LogP contribution in [0.2, 0.25) is 0 Å². The molecule has 0 saturated carbocycles. The van der Waals surface area contributed by atoms with Crippen LogP contribution in [0, 0.1) is 0 Å². The lowest BCUT2D eigenvalue weighted by Crippen LogP contribution is -2.30. The van der Waals surface area contributed by atoms with Gasteiger partial charge in [0.2, 0.25) is 10.0 Å². The van der Waals surface area contributed by atoms with Crippen LogP contribution in [-0.2, 0) is 32.4 Å². The summed E-state index contributed by atoms with van der Waals surface area (Å²) in [5.41, 5.74) is 2.34. The highest BCUT2D eigenvalue weighted by Gasteiger charge is 2.25. The first-order valence-electron chi connectivity index (χ1n) is 8.24. The predicted molar refractivity (Wildman–Crippen MR) is 97.1 cm³/mol. The van der Waals surface area contributed by atoms with Crippen molar-refractivity contribution in [3.63, 3.8) is 0 Å². The van der Waals surface area contributed by atoms with Crippen LogP contribution in [0.5, 0.6) is 0 Å². The Kier molecular flexibility index (Phi) is 5.56. The SMILES string of the molecule is COC(=O)CC(NS(=O)(=O)c1ccc2c(c1)CCCC2)c1cccs1. The van der Waals surface area contributed by atoms with E-state index in [1.165, 1.54) is 24.0 Å². The molecule has 1 aromatic carbocycles. The third-order valence-corrected chi connectivity index (χ3v) is 6.87. The highest BCUT2D eigenvalue weighted by atomic mass is 32.2. The van der Waals surface area contributed by atoms with Crippen LogP contribution in [0.25, 0.3) is 0 Å². The predicted octanol–water partition coefficient (Wildman–Crippen LogP) is 3.21. The first-order valence-corrected chi connectivity index (χ1v) is 10.6. The van der Waals surface area contributed by atoms with E-state index >= 15 is 0 Å². The fraction of sp³-hybridized carbons (Fsp3) is 0.389. The minimum Gasteiger partial charge on any atom is -0.469 e. The number of hydrogen-bond acceptors (Lipinski definition) is 5. The van der Waals surface area contributed by atoms with E-state index in [9.17, 15) is 13.2 Å². The van der Waals surface area contributed by atoms with Gasteiger partial charge in [-0.1, -0.05) is 12.1 Å². The zero-order valence-corrected chi connectivity index (χ0v) is 15.7. The van der Waals surface area contributed by atoms with Gasteiger partial charge < -0.3 is 4.74 Å². The summed E-state index contributed by atoms with van der Waals surface area (Å²) in [4.78, 5) is 12.7. The lowest BCUT2D eigenvalue weighted by Gasteiger charge is -2.19. The molecule has 0 fully saturated rings. The summed E-state index contributed by atoms with van der Waals surface area (Å²) in [6.07, 6.45) is 4.11. The fourth-order valence-electron chi connectivity index (χ4n) is 3.07. The molecule has 1 aromatic heterocycles. The van der Waals surface area contributed by atoms with Crippen LogP contribution >= 0.6 is 11.3 Å². The zero-order chi connectivity index (χ0) is 17.9. The van der Waals surface area contributed by atoms with Crippen LogP contribution in [0.3, 0.4) is 0 Å². The molecule has 134 valence electrons. The quantitative estimate of drug-likeness (QED) is 0.782. The Hall–Kier alpha value is -1.70. The summed E-state index contributed by atoms with van der Waals surface area (Å²) in [6, 6.07) is 8.33. The number of ether oxygens (including phenoxy) is 1. The zero-order valence-electron chi connectivity index (χ0n) is 14.0. The second kappa shape index (κ2) is 7.68. The number of hydrogen-bond donors (Lipinski definition) is 1. The molecule has 1 unspecified atom stereocenters. The third-order valence-electron chi connectivity index (χ3n) is 4.41. The molecule has 0 spiro atoms. The van der Waals surface area contributed by atoms with Crippen LogP contribution in [0.1, 0.15) is 41.3 Å². The van der Waals surface area contributed by atoms with Gasteiger partial charge in [0.05, 0.1) is 24.5 Å². The molecule has 7 heteroatoms. The summed E-state index contributed by atoms with van der Waals surface area (Å²) in [5.74, 6) is -0.452. The Morgan fingerprint density at radius 1 is 1.24 bits per heavy atom. The number of aryl methyl sites for hydroxylation is 2. The van der Waals surface area contributed by atoms with E-state index in [0.29, 0.717) is 0 Å². The largest absolute Gasteiger partial charge is 0.469 e. The second-order valence-electron chi connectivity index (χ2n) is 6.11. The maximum atomic E-state index is 12.8. The van der Waals surface area contributed by atoms with Gasteiger partial charge in [-0.2, -0.15) is 0 Å². The molecule has 0 bridgehead atoms. The van der Waals surface area contributed by atoms with E-state index in [0.717, 1.165) is 36.1 Å². The molecule has 1 heterocycles. The lowest BCUT2D eigenvalue weighted by molar-refractivity contribution is -0.141. The maximum absolute atomic E-state index is 12.8. The van der Waals surface area contributed by atoms with Gasteiger partial charge in [-0.15, -0.1) is 11.3 Å². The van der Waals surface area contributed by atoms with Crippen LogP contribution in [0.15, 0.2) is 40.6 Å². The fourth-order valence-corrected chi connectivity index (χ4v) is 5.19. The van der Waals surface area contributed by atoms with Gasteiger partial charge >= 0.3 is 5.97 Å². The molecular formula is C18H21NO4S2. The van der Waals surface area contributed by atoms with Gasteiger partial charge in [0.1, 0.15) is 0 Å². The minimum absolute atomic E-state index is 0.0405. The Morgan fingerprint density at radius 3 is 2.68 bits per heavy atom. The number of carbonyl (C=O) groups is 1. The number of rotatable bonds is 6. The van der Waals surface area contributed by atoms with Gasteiger partial charge in [-0.3, -0.25) is 4.79 Å². The van der Waals surface area contributed by atoms with Crippen molar-refractivity contribution in [3.8, 4) is 0 Å². The second-order valence-corrected chi connectivity index (χ2v) is 8.80. The van der Waals surface area contributed by atoms with E-state index in [1.807, 2.05) is 23.6 Å². The minimum atomic E-state index is -3.72. The van der Waals surface area contributed by atoms with Gasteiger partial charge in [-0.05, 0) is 60.4 Å². The molecule has 1 aliphatic carbocycles. The van der Waals surface area contributed by atoms with Crippen LogP contribution < -0.4 is 4.72 Å². The number of methoxy groups -OCH3 is 1. The molecule has 0 amide bonds. The van der Waals surface area contributed by atoms with Gasteiger partial charge in [0.15, 0.2) is 0 Å². The summed E-state index contributed by atoms with van der Waals surface area (Å²) in [5, 5.41) is 1.85. The van der Waals surface area contributed by atoms with Crippen LogP contribution in [0.4, 0.5) is 0 Å². The number of benzene rings is 1. The molecule has 0 aliphatic heterocycles. The van der Waals surface area contributed by atoms with Gasteiger partial charge in [0, 0.05) is 4.88 Å². The third kappa shape index (κ3) is 4.29. The Labute approximate surface area is 152 Å². The van der Waals surface area contributed by atoms with Crippen molar-refractivity contribution in [1.82, 2.24) is 4.72 Å². The summed E-state index contributed by atoms with van der Waals surface area (Å²) >= 11 is 1.41. The molecule has 2 aromatic rings. The molecular weight excluding hydrogens is 358 g/mol. The lowest BCUT2D eigenvalue weighted by atomic mass is 9.92. The van der Waals surface area contributed by atoms with Crippen molar-refractivity contribution < 1.29 is 17.9 Å². The molecule has 1 atom stereocenters. The van der Waals surface area contributed by atoms with Crippen molar-refractivity contribution >= 4 is 27.3 Å². The smallest absolute Gasteiger partial charge is 0.307 e. The molecule has 3 rings (SSSR count). The van der Waals surface area contributed by atoms with Crippen molar-refractivity contribution in [1.29, 1.82) is 0 Å². The number of sulfonamides is 1. The number of nitrogens with one attached hydrogen (secondary N) is 1. The molecule has 0 saturated heterocycles. The average Bonchev–Trinajstić information content (AvgIpc) is 3.15. The Morgan fingerprint density at radius 2 is 2.00 bits per heavy atom. The van der Waals surface area contributed by atoms with Gasteiger partial charge in [-0.25, -0.2) is 13.1 Å². The molecule has 1 aliphatic rings. The van der Waals surface area contributed by atoms with Crippen molar-refractivity contribution in [2.75, 3.05) is 7.11 Å².